The molecule has 10 nitrogen and oxygen atoms in total. The lowest BCUT2D eigenvalue weighted by atomic mass is 10.0. The van der Waals surface area contributed by atoms with E-state index in [9.17, 15) is 19.2 Å². The molecule has 2 N–H and O–H groups in total. The van der Waals surface area contributed by atoms with Gasteiger partial charge in [-0.1, -0.05) is 0 Å². The molecule has 10 heteroatoms. The Hall–Kier alpha value is -3.30. The summed E-state index contributed by atoms with van der Waals surface area (Å²) in [6.07, 6.45) is 0.121. The first-order chi connectivity index (χ1) is 15.1. The Kier molecular flexibility index (Phi) is 6.90. The number of methoxy groups -OCH3 is 1. The normalized spacial score (nSPS) is 19.3. The fraction of sp³-hybridized carbons (Fsp3) is 0.545. The van der Waals surface area contributed by atoms with Gasteiger partial charge in [0.15, 0.2) is 0 Å². The quantitative estimate of drug-likeness (QED) is 0.669. The number of rotatable bonds is 4. The lowest BCUT2D eigenvalue weighted by Crippen LogP contribution is -2.52. The lowest BCUT2D eigenvalue weighted by Gasteiger charge is -2.37. The Labute approximate surface area is 187 Å². The first-order valence-corrected chi connectivity index (χ1v) is 10.6. The number of nitrogens with one attached hydrogen (secondary N) is 2. The third-order valence-electron chi connectivity index (χ3n) is 5.27. The van der Waals surface area contributed by atoms with Gasteiger partial charge >= 0.3 is 6.09 Å². The molecule has 174 valence electrons. The van der Waals surface area contributed by atoms with Crippen LogP contribution in [-0.2, 0) is 14.3 Å². The largest absolute Gasteiger partial charge is 0.496 e. The van der Waals surface area contributed by atoms with E-state index in [2.05, 4.69) is 15.5 Å². The fourth-order valence-electron chi connectivity index (χ4n) is 3.61. The minimum absolute atomic E-state index is 0.183. The molecule has 1 atom stereocenters. The Balaban J connectivity index is 1.63. The summed E-state index contributed by atoms with van der Waals surface area (Å²) in [5.74, 6) is -0.915. The van der Waals surface area contributed by atoms with E-state index in [1.165, 1.54) is 7.11 Å². The van der Waals surface area contributed by atoms with E-state index in [1.807, 2.05) is 26.8 Å². The minimum atomic E-state index is -0.759. The van der Waals surface area contributed by atoms with Crippen molar-refractivity contribution in [3.05, 3.63) is 23.8 Å². The number of anilines is 1. The van der Waals surface area contributed by atoms with E-state index in [1.54, 1.807) is 17.0 Å². The van der Waals surface area contributed by atoms with Crippen LogP contribution in [0, 0.1) is 0 Å². The molecule has 0 saturated carbocycles. The van der Waals surface area contributed by atoms with E-state index in [-0.39, 0.29) is 24.8 Å². The van der Waals surface area contributed by atoms with Crippen LogP contribution in [0.4, 0.5) is 10.5 Å². The lowest BCUT2D eigenvalue weighted by molar-refractivity contribution is -0.134. The average molecular weight is 447 g/mol. The van der Waals surface area contributed by atoms with Crippen LogP contribution in [0.25, 0.3) is 0 Å². The van der Waals surface area contributed by atoms with Gasteiger partial charge in [-0.25, -0.2) is 4.79 Å². The molecule has 4 amide bonds. The van der Waals surface area contributed by atoms with Gasteiger partial charge in [-0.05, 0) is 39.3 Å². The molecule has 1 aromatic carbocycles. The number of piperazine rings is 1. The van der Waals surface area contributed by atoms with Crippen molar-refractivity contribution in [1.29, 1.82) is 0 Å². The highest BCUT2D eigenvalue weighted by Gasteiger charge is 2.30. The van der Waals surface area contributed by atoms with Crippen molar-refractivity contribution in [2.45, 2.75) is 45.3 Å². The monoisotopic (exact) mass is 446 g/mol. The molecular weight excluding hydrogens is 416 g/mol. The molecule has 2 saturated heterocycles. The van der Waals surface area contributed by atoms with Crippen molar-refractivity contribution >= 4 is 29.5 Å². The second-order valence-corrected chi connectivity index (χ2v) is 8.82. The summed E-state index contributed by atoms with van der Waals surface area (Å²) in [4.78, 5) is 52.0. The van der Waals surface area contributed by atoms with E-state index in [0.29, 0.717) is 37.5 Å². The van der Waals surface area contributed by atoms with Crippen LogP contribution in [0.5, 0.6) is 5.75 Å². The zero-order valence-corrected chi connectivity index (χ0v) is 18.9. The molecule has 1 aromatic rings. The number of ether oxygens (including phenoxy) is 2. The maximum Gasteiger partial charge on any atom is 0.410 e. The van der Waals surface area contributed by atoms with Gasteiger partial charge in [0.1, 0.15) is 17.4 Å². The van der Waals surface area contributed by atoms with Gasteiger partial charge < -0.3 is 24.6 Å². The Morgan fingerprint density at radius 1 is 1.12 bits per heavy atom. The molecule has 1 unspecified atom stereocenters. The van der Waals surface area contributed by atoms with E-state index < -0.39 is 23.5 Å². The van der Waals surface area contributed by atoms with Crippen molar-refractivity contribution in [2.24, 2.45) is 0 Å². The summed E-state index contributed by atoms with van der Waals surface area (Å²) in [5, 5.41) is 4.88. The van der Waals surface area contributed by atoms with Crippen LogP contribution in [0.1, 0.15) is 44.0 Å². The SMILES string of the molecule is COc1cc(N2CCN(C(=O)OC(C)(C)C)CC2)ccc1C(=O)NC1CCC(=O)NC1=O. The van der Waals surface area contributed by atoms with Crippen LogP contribution in [0.3, 0.4) is 0 Å². The number of carbonyl (C=O) groups excluding carboxylic acids is 4. The molecule has 2 heterocycles. The highest BCUT2D eigenvalue weighted by molar-refractivity contribution is 6.04. The third-order valence-corrected chi connectivity index (χ3v) is 5.27. The average Bonchev–Trinajstić information content (AvgIpc) is 2.74. The second kappa shape index (κ2) is 9.46. The van der Waals surface area contributed by atoms with Crippen molar-refractivity contribution < 1.29 is 28.7 Å². The maximum atomic E-state index is 12.7. The number of amides is 4. The van der Waals surface area contributed by atoms with Crippen LogP contribution >= 0.6 is 0 Å². The molecule has 0 radical (unpaired) electrons. The number of benzene rings is 1. The smallest absolute Gasteiger partial charge is 0.410 e. The van der Waals surface area contributed by atoms with Gasteiger partial charge in [-0.2, -0.15) is 0 Å². The van der Waals surface area contributed by atoms with E-state index >= 15 is 0 Å². The number of imide groups is 1. The van der Waals surface area contributed by atoms with Gasteiger partial charge in [-0.3, -0.25) is 19.7 Å². The van der Waals surface area contributed by atoms with Crippen LogP contribution < -0.4 is 20.3 Å². The Morgan fingerprint density at radius 2 is 1.81 bits per heavy atom. The second-order valence-electron chi connectivity index (χ2n) is 8.82. The van der Waals surface area contributed by atoms with Crippen molar-refractivity contribution in [2.75, 3.05) is 38.2 Å². The summed E-state index contributed by atoms with van der Waals surface area (Å²) in [6, 6.07) is 4.47. The van der Waals surface area contributed by atoms with Gasteiger partial charge in [0, 0.05) is 44.4 Å². The predicted molar refractivity (Wildman–Crippen MR) is 117 cm³/mol. The molecule has 32 heavy (non-hydrogen) atoms. The van der Waals surface area contributed by atoms with Gasteiger partial charge in [0.05, 0.1) is 12.7 Å². The Morgan fingerprint density at radius 3 is 2.41 bits per heavy atom. The van der Waals surface area contributed by atoms with E-state index in [0.717, 1.165) is 5.69 Å². The van der Waals surface area contributed by atoms with Crippen molar-refractivity contribution in [3.63, 3.8) is 0 Å². The zero-order chi connectivity index (χ0) is 23.5. The minimum Gasteiger partial charge on any atom is -0.496 e. The molecular formula is C22H30N4O6. The van der Waals surface area contributed by atoms with Gasteiger partial charge in [-0.15, -0.1) is 0 Å². The summed E-state index contributed by atoms with van der Waals surface area (Å²) in [6.45, 7) is 7.79. The van der Waals surface area contributed by atoms with Gasteiger partial charge in [0.25, 0.3) is 5.91 Å². The Bertz CT molecular complexity index is 902. The molecule has 0 spiro atoms. The molecule has 2 fully saturated rings. The topological polar surface area (TPSA) is 117 Å². The van der Waals surface area contributed by atoms with E-state index in [4.69, 9.17) is 9.47 Å². The summed E-state index contributed by atoms with van der Waals surface area (Å²) < 4.78 is 10.8. The summed E-state index contributed by atoms with van der Waals surface area (Å²) in [7, 11) is 1.47. The highest BCUT2D eigenvalue weighted by Crippen LogP contribution is 2.27. The number of hydrogen-bond donors (Lipinski definition) is 2. The van der Waals surface area contributed by atoms with Crippen LogP contribution in [0.2, 0.25) is 0 Å². The number of carbonyl (C=O) groups is 4. The first-order valence-electron chi connectivity index (χ1n) is 10.6. The van der Waals surface area contributed by atoms with Crippen LogP contribution in [-0.4, -0.2) is 73.6 Å². The summed E-state index contributed by atoms with van der Waals surface area (Å²) in [5.41, 5.74) is 0.628. The number of nitrogens with zero attached hydrogens (tertiary/aromatic N) is 2. The molecule has 3 rings (SSSR count). The van der Waals surface area contributed by atoms with Crippen molar-refractivity contribution in [3.8, 4) is 5.75 Å². The van der Waals surface area contributed by atoms with Gasteiger partial charge in [0.2, 0.25) is 11.8 Å². The molecule has 0 aromatic heterocycles. The molecule has 2 aliphatic heterocycles. The molecule has 2 aliphatic rings. The van der Waals surface area contributed by atoms with Crippen molar-refractivity contribution in [1.82, 2.24) is 15.5 Å². The molecule has 0 bridgehead atoms. The third kappa shape index (κ3) is 5.68. The maximum absolute atomic E-state index is 12.7. The molecule has 0 aliphatic carbocycles. The standard InChI is InChI=1S/C22H30N4O6/c1-22(2,3)32-21(30)26-11-9-25(10-12-26)14-5-6-15(17(13-14)31-4)19(28)23-16-7-8-18(27)24-20(16)29/h5-6,13,16H,7-12H2,1-4H3,(H,23,28)(H,24,27,29). The predicted octanol–water partition coefficient (Wildman–Crippen LogP) is 1.29. The highest BCUT2D eigenvalue weighted by atomic mass is 16.6. The number of piperidine rings is 1. The zero-order valence-electron chi connectivity index (χ0n) is 18.9. The first kappa shape index (κ1) is 23.4. The summed E-state index contributed by atoms with van der Waals surface area (Å²) >= 11 is 0. The number of hydrogen-bond acceptors (Lipinski definition) is 7. The van der Waals surface area contributed by atoms with Crippen LogP contribution in [0.15, 0.2) is 18.2 Å². The fourth-order valence-corrected chi connectivity index (χ4v) is 3.61.